The molecule has 0 aliphatic carbocycles. The van der Waals surface area contributed by atoms with Crippen LogP contribution in [0.25, 0.3) is 0 Å². The molecule has 0 spiro atoms. The van der Waals surface area contributed by atoms with Crippen molar-refractivity contribution in [3.63, 3.8) is 0 Å². The van der Waals surface area contributed by atoms with Crippen LogP contribution in [0.5, 0.6) is 0 Å². The molecule has 0 fully saturated rings. The molecule has 0 saturated heterocycles. The predicted molar refractivity (Wildman–Crippen MR) is 81.1 cm³/mol. The Hall–Kier alpha value is -1.85. The van der Waals surface area contributed by atoms with Gasteiger partial charge < -0.3 is 14.2 Å². The van der Waals surface area contributed by atoms with Crippen molar-refractivity contribution in [1.29, 1.82) is 0 Å². The van der Waals surface area contributed by atoms with Crippen LogP contribution in [-0.2, 0) is 28.6 Å². The van der Waals surface area contributed by atoms with Gasteiger partial charge in [-0.2, -0.15) is 0 Å². The molecule has 0 bridgehead atoms. The predicted octanol–water partition coefficient (Wildman–Crippen LogP) is 2.55. The number of hydrogen-bond acceptors (Lipinski definition) is 6. The molecule has 0 aromatic carbocycles. The lowest BCUT2D eigenvalue weighted by atomic mass is 10.2. The summed E-state index contributed by atoms with van der Waals surface area (Å²) in [6.45, 7) is 4.26. The van der Waals surface area contributed by atoms with Gasteiger partial charge in [0.1, 0.15) is 0 Å². The SMILES string of the molecule is CCCCCCOC(=O)COC(=O)/C=C/C(=O)OCCCC. The maximum absolute atomic E-state index is 11.3. The van der Waals surface area contributed by atoms with E-state index in [0.29, 0.717) is 13.2 Å². The molecule has 0 heterocycles. The van der Waals surface area contributed by atoms with Crippen LogP contribution in [-0.4, -0.2) is 37.7 Å². The summed E-state index contributed by atoms with van der Waals surface area (Å²) in [7, 11) is 0. The highest BCUT2D eigenvalue weighted by Crippen LogP contribution is 1.99. The lowest BCUT2D eigenvalue weighted by Gasteiger charge is -2.04. The number of ether oxygens (including phenoxy) is 3. The van der Waals surface area contributed by atoms with Crippen LogP contribution in [0, 0.1) is 0 Å². The summed E-state index contributed by atoms with van der Waals surface area (Å²) >= 11 is 0. The van der Waals surface area contributed by atoms with Crippen molar-refractivity contribution in [3.05, 3.63) is 12.2 Å². The standard InChI is InChI=1S/C16H26O6/c1-3-5-7-8-12-21-16(19)13-22-15(18)10-9-14(17)20-11-6-4-2/h9-10H,3-8,11-13H2,1-2H3/b10-9+. The van der Waals surface area contributed by atoms with Crippen molar-refractivity contribution in [2.75, 3.05) is 19.8 Å². The average molecular weight is 314 g/mol. The van der Waals surface area contributed by atoms with Gasteiger partial charge in [-0.1, -0.05) is 39.5 Å². The van der Waals surface area contributed by atoms with Crippen molar-refractivity contribution in [2.24, 2.45) is 0 Å². The summed E-state index contributed by atoms with van der Waals surface area (Å²) in [6, 6.07) is 0. The van der Waals surface area contributed by atoms with Gasteiger partial charge >= 0.3 is 17.9 Å². The van der Waals surface area contributed by atoms with Gasteiger partial charge in [-0.15, -0.1) is 0 Å². The topological polar surface area (TPSA) is 78.9 Å². The quantitative estimate of drug-likeness (QED) is 0.238. The maximum atomic E-state index is 11.3. The van der Waals surface area contributed by atoms with Gasteiger partial charge in [0.2, 0.25) is 0 Å². The number of esters is 3. The van der Waals surface area contributed by atoms with E-state index in [0.717, 1.165) is 50.7 Å². The van der Waals surface area contributed by atoms with E-state index in [1.54, 1.807) is 0 Å². The molecule has 0 aromatic rings. The van der Waals surface area contributed by atoms with Crippen molar-refractivity contribution < 1.29 is 28.6 Å². The van der Waals surface area contributed by atoms with Gasteiger partial charge in [0.15, 0.2) is 6.61 Å². The van der Waals surface area contributed by atoms with E-state index >= 15 is 0 Å². The van der Waals surface area contributed by atoms with Crippen molar-refractivity contribution in [2.45, 2.75) is 52.4 Å². The summed E-state index contributed by atoms with van der Waals surface area (Å²) in [5.41, 5.74) is 0. The van der Waals surface area contributed by atoms with E-state index in [9.17, 15) is 14.4 Å². The highest BCUT2D eigenvalue weighted by molar-refractivity contribution is 5.92. The summed E-state index contributed by atoms with van der Waals surface area (Å²) in [6.07, 6.45) is 7.62. The Morgan fingerprint density at radius 2 is 1.32 bits per heavy atom. The molecule has 0 radical (unpaired) electrons. The fraction of sp³-hybridized carbons (Fsp3) is 0.688. The first kappa shape index (κ1) is 20.1. The molecule has 0 aromatic heterocycles. The molecular weight excluding hydrogens is 288 g/mol. The molecule has 0 unspecified atom stereocenters. The second-order valence-electron chi connectivity index (χ2n) is 4.74. The Bertz CT molecular complexity index is 362. The highest BCUT2D eigenvalue weighted by atomic mass is 16.6. The number of unbranched alkanes of at least 4 members (excludes halogenated alkanes) is 4. The van der Waals surface area contributed by atoms with Crippen LogP contribution in [0.15, 0.2) is 12.2 Å². The lowest BCUT2D eigenvalue weighted by molar-refractivity contribution is -0.156. The molecule has 0 rings (SSSR count). The van der Waals surface area contributed by atoms with E-state index in [4.69, 9.17) is 9.47 Å². The fourth-order valence-corrected chi connectivity index (χ4v) is 1.44. The van der Waals surface area contributed by atoms with Gasteiger partial charge in [0, 0.05) is 12.2 Å². The van der Waals surface area contributed by atoms with Crippen molar-refractivity contribution in [1.82, 2.24) is 0 Å². The second-order valence-corrected chi connectivity index (χ2v) is 4.74. The normalized spacial score (nSPS) is 10.5. The monoisotopic (exact) mass is 314 g/mol. The molecule has 126 valence electrons. The molecule has 22 heavy (non-hydrogen) atoms. The molecule has 0 atom stereocenters. The third kappa shape index (κ3) is 13.1. The van der Waals surface area contributed by atoms with E-state index in [1.807, 2.05) is 6.92 Å². The summed E-state index contributed by atoms with van der Waals surface area (Å²) in [5.74, 6) is -1.98. The molecule has 0 N–H and O–H groups in total. The molecule has 6 heteroatoms. The first-order valence-corrected chi connectivity index (χ1v) is 7.77. The Morgan fingerprint density at radius 3 is 1.95 bits per heavy atom. The Morgan fingerprint density at radius 1 is 0.727 bits per heavy atom. The highest BCUT2D eigenvalue weighted by Gasteiger charge is 2.07. The van der Waals surface area contributed by atoms with Crippen LogP contribution in [0.1, 0.15) is 52.4 Å². The van der Waals surface area contributed by atoms with Crippen molar-refractivity contribution >= 4 is 17.9 Å². The fourth-order valence-electron chi connectivity index (χ4n) is 1.44. The molecule has 0 amide bonds. The summed E-state index contributed by atoms with van der Waals surface area (Å²) in [4.78, 5) is 33.7. The average Bonchev–Trinajstić information content (AvgIpc) is 2.51. The molecule has 0 aliphatic heterocycles. The Labute approximate surface area is 131 Å². The minimum atomic E-state index is -0.782. The smallest absolute Gasteiger partial charge is 0.344 e. The van der Waals surface area contributed by atoms with E-state index in [2.05, 4.69) is 11.7 Å². The first-order valence-electron chi connectivity index (χ1n) is 7.77. The van der Waals surface area contributed by atoms with Gasteiger partial charge in [-0.25, -0.2) is 14.4 Å². The van der Waals surface area contributed by atoms with Gasteiger partial charge in [0.25, 0.3) is 0 Å². The van der Waals surface area contributed by atoms with E-state index in [-0.39, 0.29) is 0 Å². The first-order chi connectivity index (χ1) is 10.6. The molecular formula is C16H26O6. The lowest BCUT2D eigenvalue weighted by Crippen LogP contribution is -2.16. The largest absolute Gasteiger partial charge is 0.463 e. The van der Waals surface area contributed by atoms with Gasteiger partial charge in [-0.05, 0) is 12.8 Å². The van der Waals surface area contributed by atoms with Crippen LogP contribution < -0.4 is 0 Å². The minimum Gasteiger partial charge on any atom is -0.463 e. The summed E-state index contributed by atoms with van der Waals surface area (Å²) < 4.78 is 14.4. The molecule has 6 nitrogen and oxygen atoms in total. The summed E-state index contributed by atoms with van der Waals surface area (Å²) in [5, 5.41) is 0. The van der Waals surface area contributed by atoms with Crippen molar-refractivity contribution in [3.8, 4) is 0 Å². The number of carbonyl (C=O) groups is 3. The Balaban J connectivity index is 3.70. The Kier molecular flexibility index (Phi) is 12.9. The van der Waals surface area contributed by atoms with Crippen LogP contribution in [0.3, 0.4) is 0 Å². The third-order valence-electron chi connectivity index (χ3n) is 2.69. The van der Waals surface area contributed by atoms with E-state index < -0.39 is 24.5 Å². The van der Waals surface area contributed by atoms with Crippen LogP contribution in [0.2, 0.25) is 0 Å². The molecule has 0 aliphatic rings. The minimum absolute atomic E-state index is 0.319. The number of hydrogen-bond donors (Lipinski definition) is 0. The zero-order valence-corrected chi connectivity index (χ0v) is 13.5. The second kappa shape index (κ2) is 14.1. The zero-order valence-electron chi connectivity index (χ0n) is 13.5. The zero-order chi connectivity index (χ0) is 16.6. The number of rotatable bonds is 12. The van der Waals surface area contributed by atoms with Gasteiger partial charge in [-0.3, -0.25) is 0 Å². The van der Waals surface area contributed by atoms with Gasteiger partial charge in [0.05, 0.1) is 13.2 Å². The van der Waals surface area contributed by atoms with Crippen LogP contribution >= 0.6 is 0 Å². The maximum Gasteiger partial charge on any atom is 0.344 e. The third-order valence-corrected chi connectivity index (χ3v) is 2.69. The molecule has 0 saturated carbocycles. The van der Waals surface area contributed by atoms with E-state index in [1.165, 1.54) is 0 Å². The van der Waals surface area contributed by atoms with Crippen LogP contribution in [0.4, 0.5) is 0 Å². The number of carbonyl (C=O) groups excluding carboxylic acids is 3.